The zero-order chi connectivity index (χ0) is 19.8. The zero-order valence-corrected chi connectivity index (χ0v) is 16.2. The Kier molecular flexibility index (Phi) is 4.91. The Morgan fingerprint density at radius 1 is 1.07 bits per heavy atom. The van der Waals surface area contributed by atoms with Gasteiger partial charge in [0.15, 0.2) is 11.5 Å². The van der Waals surface area contributed by atoms with Crippen LogP contribution in [0.5, 0.6) is 23.0 Å². The average Bonchev–Trinajstić information content (AvgIpc) is 3.07. The quantitative estimate of drug-likeness (QED) is 0.606. The molecule has 1 aliphatic heterocycles. The molecule has 27 heavy (non-hydrogen) atoms. The van der Waals surface area contributed by atoms with Crippen molar-refractivity contribution >= 4 is 5.71 Å². The van der Waals surface area contributed by atoms with Crippen LogP contribution in [0.15, 0.2) is 35.5 Å². The molecule has 0 spiro atoms. The number of phenolic OH excluding ortho intramolecular Hbond substituents is 2. The van der Waals surface area contributed by atoms with Crippen LogP contribution in [0.3, 0.4) is 0 Å². The molecule has 0 aromatic heterocycles. The van der Waals surface area contributed by atoms with Gasteiger partial charge in [0.05, 0.1) is 0 Å². The fraction of sp³-hybridized carbons (Fsp3) is 0.381. The lowest BCUT2D eigenvalue weighted by molar-refractivity contribution is 0.174. The molecule has 2 aromatic rings. The van der Waals surface area contributed by atoms with Crippen LogP contribution in [-0.4, -0.2) is 29.8 Å². The highest BCUT2D eigenvalue weighted by Gasteiger charge is 2.33. The summed E-state index contributed by atoms with van der Waals surface area (Å²) in [7, 11) is 1.47. The van der Waals surface area contributed by atoms with Gasteiger partial charge in [-0.25, -0.2) is 0 Å². The van der Waals surface area contributed by atoms with E-state index in [2.05, 4.69) is 5.16 Å². The molecule has 0 fully saturated rings. The van der Waals surface area contributed by atoms with Crippen LogP contribution in [0.1, 0.15) is 50.3 Å². The Labute approximate surface area is 159 Å². The number of aromatic hydroxyl groups is 2. The topological polar surface area (TPSA) is 80.5 Å². The number of nitrogens with zero attached hydrogens (tertiary/aromatic N) is 1. The third kappa shape index (κ3) is 3.39. The first-order valence-corrected chi connectivity index (χ1v) is 8.83. The first-order chi connectivity index (χ1) is 12.8. The maximum atomic E-state index is 10.5. The minimum Gasteiger partial charge on any atom is -0.508 e. The maximum Gasteiger partial charge on any atom is 0.231 e. The van der Waals surface area contributed by atoms with Gasteiger partial charge < -0.3 is 24.5 Å². The monoisotopic (exact) mass is 371 g/mol. The van der Waals surface area contributed by atoms with E-state index < -0.39 is 5.41 Å². The van der Waals surface area contributed by atoms with E-state index in [1.807, 2.05) is 45.9 Å². The normalized spacial score (nSPS) is 13.9. The highest BCUT2D eigenvalue weighted by molar-refractivity contribution is 6.09. The molecule has 3 rings (SSSR count). The van der Waals surface area contributed by atoms with Crippen molar-refractivity contribution < 1.29 is 24.5 Å². The second-order valence-corrected chi connectivity index (χ2v) is 7.40. The van der Waals surface area contributed by atoms with Crippen LogP contribution in [0, 0.1) is 0 Å². The van der Waals surface area contributed by atoms with Crippen molar-refractivity contribution in [2.45, 2.75) is 39.0 Å². The number of rotatable bonds is 5. The molecule has 1 heterocycles. The molecule has 2 N–H and O–H groups in total. The van der Waals surface area contributed by atoms with E-state index in [1.165, 1.54) is 13.2 Å². The fourth-order valence-electron chi connectivity index (χ4n) is 3.26. The summed E-state index contributed by atoms with van der Waals surface area (Å²) in [6, 6.07) is 8.83. The van der Waals surface area contributed by atoms with Crippen LogP contribution in [-0.2, 0) is 10.3 Å². The highest BCUT2D eigenvalue weighted by Crippen LogP contribution is 2.40. The molecular formula is C21H25NO5. The molecule has 0 unspecified atom stereocenters. The van der Waals surface area contributed by atoms with Gasteiger partial charge in [0.2, 0.25) is 6.79 Å². The SMILES string of the molecule is CO/N=C(/c1cc(C(C)C)c(O)cc1O)C(C)(C)c1ccc2c(c1)OCO2. The molecule has 0 bridgehead atoms. The molecule has 0 atom stereocenters. The summed E-state index contributed by atoms with van der Waals surface area (Å²) < 4.78 is 10.9. The molecule has 6 heteroatoms. The van der Waals surface area contributed by atoms with Crippen molar-refractivity contribution in [2.24, 2.45) is 5.16 Å². The van der Waals surface area contributed by atoms with Crippen molar-refractivity contribution in [2.75, 3.05) is 13.9 Å². The largest absolute Gasteiger partial charge is 0.508 e. The van der Waals surface area contributed by atoms with E-state index >= 15 is 0 Å². The summed E-state index contributed by atoms with van der Waals surface area (Å²) in [6.07, 6.45) is 0. The van der Waals surface area contributed by atoms with E-state index in [0.717, 1.165) is 11.1 Å². The first kappa shape index (κ1) is 18.9. The van der Waals surface area contributed by atoms with Gasteiger partial charge in [-0.15, -0.1) is 0 Å². The lowest BCUT2D eigenvalue weighted by atomic mass is 9.76. The molecular weight excluding hydrogens is 346 g/mol. The Balaban J connectivity index is 2.13. The van der Waals surface area contributed by atoms with Gasteiger partial charge in [-0.2, -0.15) is 0 Å². The summed E-state index contributed by atoms with van der Waals surface area (Å²) in [5.41, 5.74) is 2.11. The molecule has 0 radical (unpaired) electrons. The number of hydrogen-bond donors (Lipinski definition) is 2. The fourth-order valence-corrected chi connectivity index (χ4v) is 3.26. The minimum atomic E-state index is -0.611. The third-order valence-corrected chi connectivity index (χ3v) is 4.89. The summed E-state index contributed by atoms with van der Waals surface area (Å²) in [5.74, 6) is 1.47. The molecule has 6 nitrogen and oxygen atoms in total. The molecule has 144 valence electrons. The van der Waals surface area contributed by atoms with Gasteiger partial charge in [0, 0.05) is 17.0 Å². The Hall–Kier alpha value is -2.89. The highest BCUT2D eigenvalue weighted by atomic mass is 16.7. The number of benzene rings is 2. The lowest BCUT2D eigenvalue weighted by Crippen LogP contribution is -2.30. The maximum absolute atomic E-state index is 10.5. The van der Waals surface area contributed by atoms with Crippen molar-refractivity contribution in [3.63, 3.8) is 0 Å². The molecule has 0 aliphatic carbocycles. The van der Waals surface area contributed by atoms with Gasteiger partial charge in [0.1, 0.15) is 24.3 Å². The van der Waals surface area contributed by atoms with Crippen LogP contribution in [0.25, 0.3) is 0 Å². The van der Waals surface area contributed by atoms with Gasteiger partial charge in [0.25, 0.3) is 0 Å². The standard InChI is InChI=1S/C21H25NO5/c1-12(2)14-9-15(17(24)10-16(14)23)20(22-25-5)21(3,4)13-6-7-18-19(8-13)27-11-26-18/h6-10,12,23-24H,11H2,1-5H3/b22-20-. The zero-order valence-electron chi connectivity index (χ0n) is 16.2. The van der Waals surface area contributed by atoms with Crippen molar-refractivity contribution in [1.29, 1.82) is 0 Å². The van der Waals surface area contributed by atoms with Crippen LogP contribution in [0.4, 0.5) is 0 Å². The van der Waals surface area contributed by atoms with Gasteiger partial charge >= 0.3 is 0 Å². The Morgan fingerprint density at radius 3 is 2.44 bits per heavy atom. The second kappa shape index (κ2) is 7.02. The molecule has 0 saturated heterocycles. The average molecular weight is 371 g/mol. The summed E-state index contributed by atoms with van der Waals surface area (Å²) in [6.45, 7) is 8.14. The first-order valence-electron chi connectivity index (χ1n) is 8.83. The molecule has 1 aliphatic rings. The van der Waals surface area contributed by atoms with E-state index in [1.54, 1.807) is 6.07 Å². The summed E-state index contributed by atoms with van der Waals surface area (Å²) in [5, 5.41) is 24.9. The minimum absolute atomic E-state index is 0.0541. The van der Waals surface area contributed by atoms with Gasteiger partial charge in [-0.05, 0) is 35.2 Å². The molecule has 0 amide bonds. The Morgan fingerprint density at radius 2 is 1.78 bits per heavy atom. The van der Waals surface area contributed by atoms with Crippen LogP contribution >= 0.6 is 0 Å². The Bertz CT molecular complexity index is 886. The van der Waals surface area contributed by atoms with Crippen LogP contribution < -0.4 is 9.47 Å². The number of hydrogen-bond acceptors (Lipinski definition) is 6. The molecule has 0 saturated carbocycles. The number of oxime groups is 1. The molecule has 2 aromatic carbocycles. The number of fused-ring (bicyclic) bond motifs is 1. The van der Waals surface area contributed by atoms with E-state index in [0.29, 0.717) is 22.8 Å². The number of phenols is 2. The predicted molar refractivity (Wildman–Crippen MR) is 103 cm³/mol. The lowest BCUT2D eigenvalue weighted by Gasteiger charge is -2.28. The van der Waals surface area contributed by atoms with E-state index in [4.69, 9.17) is 14.3 Å². The summed E-state index contributed by atoms with van der Waals surface area (Å²) in [4.78, 5) is 5.10. The second-order valence-electron chi connectivity index (χ2n) is 7.40. The number of ether oxygens (including phenoxy) is 2. The smallest absolute Gasteiger partial charge is 0.231 e. The van der Waals surface area contributed by atoms with Gasteiger partial charge in [-0.1, -0.05) is 38.9 Å². The predicted octanol–water partition coefficient (Wildman–Crippen LogP) is 4.28. The van der Waals surface area contributed by atoms with Crippen molar-refractivity contribution in [1.82, 2.24) is 0 Å². The van der Waals surface area contributed by atoms with Crippen LogP contribution in [0.2, 0.25) is 0 Å². The third-order valence-electron chi connectivity index (χ3n) is 4.89. The van der Waals surface area contributed by atoms with E-state index in [9.17, 15) is 10.2 Å². The summed E-state index contributed by atoms with van der Waals surface area (Å²) >= 11 is 0. The van der Waals surface area contributed by atoms with Gasteiger partial charge in [-0.3, -0.25) is 0 Å². The van der Waals surface area contributed by atoms with Crippen molar-refractivity contribution in [3.05, 3.63) is 47.0 Å². The van der Waals surface area contributed by atoms with E-state index in [-0.39, 0.29) is 24.2 Å². The van der Waals surface area contributed by atoms with Crippen molar-refractivity contribution in [3.8, 4) is 23.0 Å².